The minimum Gasteiger partial charge on any atom is -0.352 e. The third-order valence-corrected chi connectivity index (χ3v) is 3.20. The number of hydrogen-bond acceptors (Lipinski definition) is 2. The van der Waals surface area contributed by atoms with Crippen LogP contribution in [0.5, 0.6) is 0 Å². The Morgan fingerprint density at radius 3 is 2.42 bits per heavy atom. The second-order valence-electron chi connectivity index (χ2n) is 4.94. The monoisotopic (exact) mass is 262 g/mol. The first-order valence-corrected chi connectivity index (χ1v) is 7.31. The number of carbonyl (C=O) groups is 1. The molecule has 106 valence electrons. The first-order chi connectivity index (χ1) is 9.26. The molecule has 3 heteroatoms. The van der Waals surface area contributed by atoms with E-state index in [4.69, 9.17) is 5.73 Å². The van der Waals surface area contributed by atoms with Crippen LogP contribution < -0.4 is 11.1 Å². The molecule has 19 heavy (non-hydrogen) atoms. The van der Waals surface area contributed by atoms with Crippen LogP contribution in [-0.4, -0.2) is 12.5 Å². The summed E-state index contributed by atoms with van der Waals surface area (Å²) in [5, 5.41) is 2.96. The van der Waals surface area contributed by atoms with E-state index in [2.05, 4.69) is 36.5 Å². The normalized spacial score (nSPS) is 10.4. The standard InChI is InChI=1S/C16H26N2O/c1-2-3-4-5-6-16(19)18-13-15-9-7-14(8-10-15)11-12-17/h7-10H,2-6,11-13,17H2,1H3,(H,18,19). The predicted molar refractivity (Wildman–Crippen MR) is 79.8 cm³/mol. The largest absolute Gasteiger partial charge is 0.352 e. The molecule has 0 aliphatic rings. The van der Waals surface area contributed by atoms with Gasteiger partial charge in [-0.2, -0.15) is 0 Å². The van der Waals surface area contributed by atoms with Crippen molar-refractivity contribution in [2.24, 2.45) is 5.73 Å². The van der Waals surface area contributed by atoms with Crippen molar-refractivity contribution < 1.29 is 4.79 Å². The maximum Gasteiger partial charge on any atom is 0.220 e. The molecule has 0 atom stereocenters. The van der Waals surface area contributed by atoms with Gasteiger partial charge in [0.1, 0.15) is 0 Å². The van der Waals surface area contributed by atoms with Gasteiger partial charge in [0.15, 0.2) is 0 Å². The lowest BCUT2D eigenvalue weighted by atomic mass is 10.1. The fourth-order valence-corrected chi connectivity index (χ4v) is 1.99. The molecule has 0 heterocycles. The topological polar surface area (TPSA) is 55.1 Å². The molecule has 0 aliphatic carbocycles. The van der Waals surface area contributed by atoms with Gasteiger partial charge in [-0.15, -0.1) is 0 Å². The maximum absolute atomic E-state index is 11.6. The molecule has 0 saturated heterocycles. The van der Waals surface area contributed by atoms with Crippen LogP contribution >= 0.6 is 0 Å². The second kappa shape index (κ2) is 9.56. The molecule has 3 N–H and O–H groups in total. The summed E-state index contributed by atoms with van der Waals surface area (Å²) >= 11 is 0. The lowest BCUT2D eigenvalue weighted by Crippen LogP contribution is -2.22. The minimum absolute atomic E-state index is 0.155. The summed E-state index contributed by atoms with van der Waals surface area (Å²) in [6.45, 7) is 3.47. The lowest BCUT2D eigenvalue weighted by Gasteiger charge is -2.06. The van der Waals surface area contributed by atoms with E-state index in [-0.39, 0.29) is 5.91 Å². The minimum atomic E-state index is 0.155. The number of benzene rings is 1. The van der Waals surface area contributed by atoms with Crippen LogP contribution in [0.25, 0.3) is 0 Å². The molecule has 1 amide bonds. The van der Waals surface area contributed by atoms with Crippen molar-refractivity contribution in [3.8, 4) is 0 Å². The van der Waals surface area contributed by atoms with Crippen molar-refractivity contribution in [3.05, 3.63) is 35.4 Å². The molecule has 0 bridgehead atoms. The van der Waals surface area contributed by atoms with Crippen LogP contribution in [0.15, 0.2) is 24.3 Å². The Labute approximate surface area is 116 Å². The molecule has 0 unspecified atom stereocenters. The number of nitrogens with one attached hydrogen (secondary N) is 1. The maximum atomic E-state index is 11.6. The number of unbranched alkanes of at least 4 members (excludes halogenated alkanes) is 3. The Bertz CT molecular complexity index is 360. The van der Waals surface area contributed by atoms with Crippen molar-refractivity contribution in [1.29, 1.82) is 0 Å². The van der Waals surface area contributed by atoms with Crippen LogP contribution in [0.3, 0.4) is 0 Å². The van der Waals surface area contributed by atoms with Gasteiger partial charge in [0, 0.05) is 13.0 Å². The Morgan fingerprint density at radius 2 is 1.79 bits per heavy atom. The zero-order valence-electron chi connectivity index (χ0n) is 12.0. The molecule has 1 aromatic carbocycles. The van der Waals surface area contributed by atoms with Crippen molar-refractivity contribution in [2.45, 2.75) is 52.0 Å². The number of hydrogen-bond donors (Lipinski definition) is 2. The Morgan fingerprint density at radius 1 is 1.11 bits per heavy atom. The highest BCUT2D eigenvalue weighted by atomic mass is 16.1. The highest BCUT2D eigenvalue weighted by Gasteiger charge is 2.01. The SMILES string of the molecule is CCCCCCC(=O)NCc1ccc(CCN)cc1. The Hall–Kier alpha value is -1.35. The Kier molecular flexibility index (Phi) is 7.91. The van der Waals surface area contributed by atoms with E-state index in [0.717, 1.165) is 24.8 Å². The average molecular weight is 262 g/mol. The number of rotatable bonds is 9. The highest BCUT2D eigenvalue weighted by molar-refractivity contribution is 5.75. The van der Waals surface area contributed by atoms with Crippen LogP contribution in [0, 0.1) is 0 Å². The van der Waals surface area contributed by atoms with Gasteiger partial charge >= 0.3 is 0 Å². The number of nitrogens with two attached hydrogens (primary N) is 1. The van der Waals surface area contributed by atoms with Crippen molar-refractivity contribution >= 4 is 5.91 Å². The molecule has 1 aromatic rings. The van der Waals surface area contributed by atoms with Crippen LogP contribution in [0.1, 0.15) is 50.2 Å². The molecular weight excluding hydrogens is 236 g/mol. The fraction of sp³-hybridized carbons (Fsp3) is 0.562. The molecule has 0 fully saturated rings. The first kappa shape index (κ1) is 15.7. The van der Waals surface area contributed by atoms with Gasteiger partial charge in [-0.3, -0.25) is 4.79 Å². The third kappa shape index (κ3) is 6.97. The van der Waals surface area contributed by atoms with Crippen molar-refractivity contribution in [2.75, 3.05) is 6.54 Å². The zero-order chi connectivity index (χ0) is 13.9. The van der Waals surface area contributed by atoms with Crippen molar-refractivity contribution in [1.82, 2.24) is 5.32 Å². The molecule has 0 radical (unpaired) electrons. The number of carbonyl (C=O) groups excluding carboxylic acids is 1. The lowest BCUT2D eigenvalue weighted by molar-refractivity contribution is -0.121. The Balaban J connectivity index is 2.22. The molecule has 1 rings (SSSR count). The van der Waals surface area contributed by atoms with Gasteiger partial charge in [0.25, 0.3) is 0 Å². The van der Waals surface area contributed by atoms with E-state index in [1.807, 2.05) is 0 Å². The molecule has 3 nitrogen and oxygen atoms in total. The third-order valence-electron chi connectivity index (χ3n) is 3.20. The van der Waals surface area contributed by atoms with E-state index in [1.54, 1.807) is 0 Å². The summed E-state index contributed by atoms with van der Waals surface area (Å²) in [7, 11) is 0. The zero-order valence-corrected chi connectivity index (χ0v) is 12.0. The van der Waals surface area contributed by atoms with Gasteiger partial charge in [0.05, 0.1) is 0 Å². The average Bonchev–Trinajstić information content (AvgIpc) is 2.43. The second-order valence-corrected chi connectivity index (χ2v) is 4.94. The van der Waals surface area contributed by atoms with Gasteiger partial charge in [0.2, 0.25) is 5.91 Å². The quantitative estimate of drug-likeness (QED) is 0.672. The summed E-state index contributed by atoms with van der Waals surface area (Å²) in [6.07, 6.45) is 6.12. The van der Waals surface area contributed by atoms with E-state index in [1.165, 1.54) is 18.4 Å². The molecule has 0 saturated carbocycles. The summed E-state index contributed by atoms with van der Waals surface area (Å²) in [5.74, 6) is 0.155. The molecule has 0 aromatic heterocycles. The van der Waals surface area contributed by atoms with Gasteiger partial charge < -0.3 is 11.1 Å². The number of amides is 1. The predicted octanol–water partition coefficient (Wildman–Crippen LogP) is 2.77. The van der Waals surface area contributed by atoms with Gasteiger partial charge in [-0.05, 0) is 30.5 Å². The van der Waals surface area contributed by atoms with Gasteiger partial charge in [-0.25, -0.2) is 0 Å². The first-order valence-electron chi connectivity index (χ1n) is 7.31. The molecular formula is C16H26N2O. The smallest absolute Gasteiger partial charge is 0.220 e. The summed E-state index contributed by atoms with van der Waals surface area (Å²) in [5.41, 5.74) is 7.90. The van der Waals surface area contributed by atoms with Crippen LogP contribution in [0.2, 0.25) is 0 Å². The van der Waals surface area contributed by atoms with Crippen LogP contribution in [0.4, 0.5) is 0 Å². The summed E-state index contributed by atoms with van der Waals surface area (Å²) in [6, 6.07) is 8.27. The highest BCUT2D eigenvalue weighted by Crippen LogP contribution is 2.05. The molecule has 0 aliphatic heterocycles. The fourth-order valence-electron chi connectivity index (χ4n) is 1.99. The summed E-state index contributed by atoms with van der Waals surface area (Å²) in [4.78, 5) is 11.6. The van der Waals surface area contributed by atoms with Gasteiger partial charge in [-0.1, -0.05) is 50.5 Å². The van der Waals surface area contributed by atoms with E-state index >= 15 is 0 Å². The summed E-state index contributed by atoms with van der Waals surface area (Å²) < 4.78 is 0. The van der Waals surface area contributed by atoms with E-state index in [9.17, 15) is 4.79 Å². The van der Waals surface area contributed by atoms with Crippen molar-refractivity contribution in [3.63, 3.8) is 0 Å². The van der Waals surface area contributed by atoms with Crippen LogP contribution in [-0.2, 0) is 17.8 Å². The van der Waals surface area contributed by atoms with E-state index < -0.39 is 0 Å². The molecule has 0 spiro atoms. The van der Waals surface area contributed by atoms with E-state index in [0.29, 0.717) is 19.5 Å².